The van der Waals surface area contributed by atoms with Gasteiger partial charge in [-0.05, 0) is 24.3 Å². The molecule has 1 aliphatic heterocycles. The average molecular weight is 310 g/mol. The Bertz CT molecular complexity index is 706. The molecule has 0 unspecified atom stereocenters. The molecule has 2 aromatic rings. The molecule has 0 saturated carbocycles. The van der Waals surface area contributed by atoms with Crippen molar-refractivity contribution < 1.29 is 4.92 Å². The van der Waals surface area contributed by atoms with Crippen LogP contribution in [0.3, 0.4) is 0 Å². The topological polar surface area (TPSA) is 58.4 Å². The van der Waals surface area contributed by atoms with Gasteiger partial charge >= 0.3 is 0 Å². The molecule has 0 radical (unpaired) electrons. The average Bonchev–Trinajstić information content (AvgIpc) is 2.81. The van der Waals surface area contributed by atoms with Gasteiger partial charge in [0, 0.05) is 17.2 Å². The quantitative estimate of drug-likeness (QED) is 0.659. The zero-order valence-electron chi connectivity index (χ0n) is 10.1. The fourth-order valence-electron chi connectivity index (χ4n) is 2.18. The Morgan fingerprint density at radius 3 is 2.60 bits per heavy atom. The van der Waals surface area contributed by atoms with Crippen molar-refractivity contribution in [3.63, 3.8) is 0 Å². The van der Waals surface area contributed by atoms with Crippen LogP contribution in [0.1, 0.15) is 0 Å². The molecule has 20 heavy (non-hydrogen) atoms. The molecule has 3 rings (SSSR count). The van der Waals surface area contributed by atoms with E-state index in [1.807, 2.05) is 11.0 Å². The summed E-state index contributed by atoms with van der Waals surface area (Å²) in [5.74, 6) is 0. The van der Waals surface area contributed by atoms with E-state index in [0.29, 0.717) is 22.4 Å². The van der Waals surface area contributed by atoms with E-state index < -0.39 is 4.92 Å². The first-order chi connectivity index (χ1) is 9.56. The van der Waals surface area contributed by atoms with Crippen molar-refractivity contribution in [2.24, 2.45) is 0 Å². The predicted octanol–water partition coefficient (Wildman–Crippen LogP) is 4.42. The Morgan fingerprint density at radius 2 is 1.90 bits per heavy atom. The van der Waals surface area contributed by atoms with E-state index in [9.17, 15) is 10.1 Å². The lowest BCUT2D eigenvalue weighted by Crippen LogP contribution is -2.16. The van der Waals surface area contributed by atoms with Crippen LogP contribution in [-0.2, 0) is 0 Å². The Morgan fingerprint density at radius 1 is 1.15 bits per heavy atom. The minimum Gasteiger partial charge on any atom is -0.366 e. The largest absolute Gasteiger partial charge is 0.366 e. The van der Waals surface area contributed by atoms with Gasteiger partial charge in [-0.15, -0.1) is 0 Å². The van der Waals surface area contributed by atoms with Gasteiger partial charge in [-0.1, -0.05) is 23.2 Å². The van der Waals surface area contributed by atoms with E-state index in [4.69, 9.17) is 23.2 Å². The lowest BCUT2D eigenvalue weighted by Gasteiger charge is -2.19. The third-order valence-corrected chi connectivity index (χ3v) is 3.65. The van der Waals surface area contributed by atoms with Crippen LogP contribution in [0.25, 0.3) is 0 Å². The molecule has 0 aromatic heterocycles. The van der Waals surface area contributed by atoms with Crippen molar-refractivity contribution in [2.45, 2.75) is 0 Å². The fraction of sp³-hybridized carbons (Fsp3) is 0.0769. The lowest BCUT2D eigenvalue weighted by atomic mass is 10.2. The van der Waals surface area contributed by atoms with E-state index in [1.54, 1.807) is 18.2 Å². The monoisotopic (exact) mass is 309 g/mol. The summed E-state index contributed by atoms with van der Waals surface area (Å²) in [6.45, 7) is 0.498. The second-order valence-corrected chi connectivity index (χ2v) is 5.16. The number of halogens is 2. The van der Waals surface area contributed by atoms with Crippen molar-refractivity contribution in [1.82, 2.24) is 0 Å². The Hall–Kier alpha value is -1.98. The van der Waals surface area contributed by atoms with E-state index >= 15 is 0 Å². The minimum absolute atomic E-state index is 0.0558. The SMILES string of the molecule is O=[N+]([O-])c1ccc2c(c1)NCN2c1ccc(Cl)cc1Cl. The Kier molecular flexibility index (Phi) is 3.16. The van der Waals surface area contributed by atoms with E-state index in [1.165, 1.54) is 12.1 Å². The van der Waals surface area contributed by atoms with Gasteiger partial charge in [0.05, 0.1) is 33.7 Å². The third-order valence-electron chi connectivity index (χ3n) is 3.11. The van der Waals surface area contributed by atoms with E-state index in [0.717, 1.165) is 11.4 Å². The molecule has 0 saturated heterocycles. The third kappa shape index (κ3) is 2.15. The highest BCUT2D eigenvalue weighted by Crippen LogP contribution is 2.41. The highest BCUT2D eigenvalue weighted by Gasteiger charge is 2.23. The molecular formula is C13H9Cl2N3O2. The first kappa shape index (κ1) is 13.0. The Labute approximate surface area is 124 Å². The molecule has 0 bridgehead atoms. The number of nitro benzene ring substituents is 1. The predicted molar refractivity (Wildman–Crippen MR) is 80.2 cm³/mol. The number of non-ortho nitro benzene ring substituents is 1. The molecule has 102 valence electrons. The molecule has 1 heterocycles. The summed E-state index contributed by atoms with van der Waals surface area (Å²) < 4.78 is 0. The van der Waals surface area contributed by atoms with E-state index in [-0.39, 0.29) is 5.69 Å². The molecule has 0 amide bonds. The maximum atomic E-state index is 10.8. The van der Waals surface area contributed by atoms with Gasteiger partial charge in [-0.2, -0.15) is 0 Å². The van der Waals surface area contributed by atoms with Gasteiger partial charge in [-0.25, -0.2) is 0 Å². The second kappa shape index (κ2) is 4.85. The maximum absolute atomic E-state index is 10.8. The number of benzene rings is 2. The number of hydrogen-bond donors (Lipinski definition) is 1. The summed E-state index contributed by atoms with van der Waals surface area (Å²) in [5.41, 5.74) is 2.42. The Balaban J connectivity index is 2.03. The molecule has 1 aliphatic rings. The molecule has 0 fully saturated rings. The number of anilines is 3. The van der Waals surface area contributed by atoms with Crippen LogP contribution >= 0.6 is 23.2 Å². The summed E-state index contributed by atoms with van der Waals surface area (Å²) in [6, 6.07) is 9.94. The van der Waals surface area contributed by atoms with Gasteiger partial charge in [0.25, 0.3) is 5.69 Å². The molecule has 0 aliphatic carbocycles. The minimum atomic E-state index is -0.417. The van der Waals surface area contributed by atoms with Crippen LogP contribution < -0.4 is 10.2 Å². The number of nitrogens with one attached hydrogen (secondary N) is 1. The first-order valence-corrected chi connectivity index (χ1v) is 6.57. The van der Waals surface area contributed by atoms with Crippen molar-refractivity contribution in [3.8, 4) is 0 Å². The van der Waals surface area contributed by atoms with Gasteiger partial charge in [0.15, 0.2) is 0 Å². The number of nitro groups is 1. The van der Waals surface area contributed by atoms with Gasteiger partial charge in [0.2, 0.25) is 0 Å². The molecule has 0 spiro atoms. The highest BCUT2D eigenvalue weighted by atomic mass is 35.5. The number of nitrogens with zero attached hydrogens (tertiary/aromatic N) is 2. The first-order valence-electron chi connectivity index (χ1n) is 5.81. The lowest BCUT2D eigenvalue weighted by molar-refractivity contribution is -0.384. The van der Waals surface area contributed by atoms with Gasteiger partial charge < -0.3 is 10.2 Å². The second-order valence-electron chi connectivity index (χ2n) is 4.32. The van der Waals surface area contributed by atoms with Crippen molar-refractivity contribution in [1.29, 1.82) is 0 Å². The van der Waals surface area contributed by atoms with Crippen LogP contribution in [0.2, 0.25) is 10.0 Å². The summed E-state index contributed by atoms with van der Waals surface area (Å²) >= 11 is 12.1. The van der Waals surface area contributed by atoms with Crippen molar-refractivity contribution in [2.75, 3.05) is 16.9 Å². The number of hydrogen-bond acceptors (Lipinski definition) is 4. The molecule has 5 nitrogen and oxygen atoms in total. The standard InChI is InChI=1S/C13H9Cl2N3O2/c14-8-1-3-12(10(15)5-8)17-7-16-11-6-9(18(19)20)2-4-13(11)17/h1-6,16H,7H2. The summed E-state index contributed by atoms with van der Waals surface area (Å²) in [4.78, 5) is 12.3. The zero-order chi connectivity index (χ0) is 14.3. The van der Waals surface area contributed by atoms with Crippen LogP contribution in [0.5, 0.6) is 0 Å². The fourth-order valence-corrected chi connectivity index (χ4v) is 2.69. The van der Waals surface area contributed by atoms with Crippen molar-refractivity contribution >= 4 is 46.0 Å². The molecule has 1 N–H and O–H groups in total. The molecular weight excluding hydrogens is 301 g/mol. The van der Waals surface area contributed by atoms with Crippen molar-refractivity contribution in [3.05, 3.63) is 56.6 Å². The summed E-state index contributed by atoms with van der Waals surface area (Å²) in [7, 11) is 0. The van der Waals surface area contributed by atoms with Crippen LogP contribution in [0.4, 0.5) is 22.7 Å². The summed E-state index contributed by atoms with van der Waals surface area (Å²) in [6.07, 6.45) is 0. The highest BCUT2D eigenvalue weighted by molar-refractivity contribution is 6.36. The number of rotatable bonds is 2. The maximum Gasteiger partial charge on any atom is 0.271 e. The van der Waals surface area contributed by atoms with Gasteiger partial charge in [-0.3, -0.25) is 10.1 Å². The zero-order valence-corrected chi connectivity index (χ0v) is 11.6. The van der Waals surface area contributed by atoms with E-state index in [2.05, 4.69) is 5.32 Å². The molecule has 2 aromatic carbocycles. The molecule has 0 atom stereocenters. The summed E-state index contributed by atoms with van der Waals surface area (Å²) in [5, 5.41) is 15.0. The van der Waals surface area contributed by atoms with Gasteiger partial charge in [0.1, 0.15) is 0 Å². The molecule has 7 heteroatoms. The smallest absolute Gasteiger partial charge is 0.271 e. The van der Waals surface area contributed by atoms with Crippen LogP contribution in [0, 0.1) is 10.1 Å². The van der Waals surface area contributed by atoms with Crippen LogP contribution in [-0.4, -0.2) is 11.6 Å². The number of fused-ring (bicyclic) bond motifs is 1. The van der Waals surface area contributed by atoms with Crippen LogP contribution in [0.15, 0.2) is 36.4 Å². The normalized spacial score (nSPS) is 13.0.